The molecular weight excluding hydrogens is 322 g/mol. The van der Waals surface area contributed by atoms with E-state index in [0.29, 0.717) is 0 Å². The Balaban J connectivity index is 2.05. The standard InChI is InChI=1S/C14H9ClF2OS2/c1-18-7-4-8(16)13(9(17)5-7)14(15)12-6-11-10(20-12)2-3-19-11/h2-6,14H,1H3. The van der Waals surface area contributed by atoms with Crippen LogP contribution in [0.15, 0.2) is 29.6 Å². The van der Waals surface area contributed by atoms with Gasteiger partial charge in [-0.3, -0.25) is 0 Å². The van der Waals surface area contributed by atoms with Crippen LogP contribution < -0.4 is 4.74 Å². The van der Waals surface area contributed by atoms with Gasteiger partial charge >= 0.3 is 0 Å². The molecule has 3 rings (SSSR count). The van der Waals surface area contributed by atoms with Crippen LogP contribution in [0.25, 0.3) is 9.40 Å². The Morgan fingerprint density at radius 2 is 1.85 bits per heavy atom. The molecule has 3 aromatic rings. The van der Waals surface area contributed by atoms with Crippen LogP contribution in [0.2, 0.25) is 0 Å². The Bertz CT molecular complexity index is 714. The third-order valence-electron chi connectivity index (χ3n) is 2.95. The molecule has 1 nitrogen and oxygen atoms in total. The number of thiophene rings is 2. The summed E-state index contributed by atoms with van der Waals surface area (Å²) in [6, 6.07) is 6.14. The Hall–Kier alpha value is -1.17. The van der Waals surface area contributed by atoms with E-state index >= 15 is 0 Å². The molecule has 0 N–H and O–H groups in total. The van der Waals surface area contributed by atoms with Crippen molar-refractivity contribution < 1.29 is 13.5 Å². The molecule has 104 valence electrons. The van der Waals surface area contributed by atoms with Crippen molar-refractivity contribution >= 4 is 43.7 Å². The van der Waals surface area contributed by atoms with Crippen LogP contribution in [-0.4, -0.2) is 7.11 Å². The first kappa shape index (κ1) is 13.8. The topological polar surface area (TPSA) is 9.23 Å². The molecule has 1 aromatic carbocycles. The van der Waals surface area contributed by atoms with E-state index in [0.717, 1.165) is 26.4 Å². The molecule has 6 heteroatoms. The zero-order chi connectivity index (χ0) is 14.3. The predicted molar refractivity (Wildman–Crippen MR) is 80.3 cm³/mol. The summed E-state index contributed by atoms with van der Waals surface area (Å²) in [6.45, 7) is 0. The maximum Gasteiger partial charge on any atom is 0.134 e. The lowest BCUT2D eigenvalue weighted by Crippen LogP contribution is -2.00. The van der Waals surface area contributed by atoms with Gasteiger partial charge in [0.1, 0.15) is 17.4 Å². The Labute approximate surface area is 127 Å². The molecular formula is C14H9ClF2OS2. The third kappa shape index (κ3) is 2.30. The maximum absolute atomic E-state index is 14.0. The second-order valence-electron chi connectivity index (χ2n) is 4.17. The largest absolute Gasteiger partial charge is 0.497 e. The van der Waals surface area contributed by atoms with Crippen molar-refractivity contribution in [1.82, 2.24) is 0 Å². The van der Waals surface area contributed by atoms with Crippen LogP contribution in [0, 0.1) is 11.6 Å². The van der Waals surface area contributed by atoms with Crippen LogP contribution in [0.3, 0.4) is 0 Å². The van der Waals surface area contributed by atoms with Crippen molar-refractivity contribution in [3.63, 3.8) is 0 Å². The van der Waals surface area contributed by atoms with Gasteiger partial charge in [-0.1, -0.05) is 0 Å². The molecule has 0 aliphatic rings. The molecule has 0 aliphatic heterocycles. The highest BCUT2D eigenvalue weighted by Crippen LogP contribution is 2.41. The van der Waals surface area contributed by atoms with Gasteiger partial charge in [0.2, 0.25) is 0 Å². The zero-order valence-electron chi connectivity index (χ0n) is 10.3. The lowest BCUT2D eigenvalue weighted by Gasteiger charge is -2.11. The first-order valence-corrected chi connectivity index (χ1v) is 7.87. The van der Waals surface area contributed by atoms with Gasteiger partial charge < -0.3 is 4.74 Å². The van der Waals surface area contributed by atoms with Gasteiger partial charge in [0.05, 0.1) is 12.5 Å². The molecule has 0 saturated heterocycles. The third-order valence-corrected chi connectivity index (χ3v) is 5.69. The molecule has 1 atom stereocenters. The summed E-state index contributed by atoms with van der Waals surface area (Å²) >= 11 is 9.29. The van der Waals surface area contributed by atoms with E-state index in [9.17, 15) is 8.78 Å². The Morgan fingerprint density at radius 3 is 2.45 bits per heavy atom. The minimum absolute atomic E-state index is 0.138. The highest BCUT2D eigenvalue weighted by molar-refractivity contribution is 7.27. The lowest BCUT2D eigenvalue weighted by atomic mass is 10.1. The molecule has 1 unspecified atom stereocenters. The normalized spacial score (nSPS) is 12.8. The van der Waals surface area contributed by atoms with Crippen LogP contribution in [0.5, 0.6) is 5.75 Å². The van der Waals surface area contributed by atoms with Crippen LogP contribution >= 0.6 is 34.3 Å². The second kappa shape index (κ2) is 5.31. The highest BCUT2D eigenvalue weighted by Gasteiger charge is 2.23. The Morgan fingerprint density at radius 1 is 1.15 bits per heavy atom. The van der Waals surface area contributed by atoms with Crippen molar-refractivity contribution in [3.8, 4) is 5.75 Å². The Kier molecular flexibility index (Phi) is 3.67. The lowest BCUT2D eigenvalue weighted by molar-refractivity contribution is 0.405. The minimum Gasteiger partial charge on any atom is -0.497 e. The van der Waals surface area contributed by atoms with E-state index < -0.39 is 17.0 Å². The van der Waals surface area contributed by atoms with E-state index in [1.165, 1.54) is 18.4 Å². The summed E-state index contributed by atoms with van der Waals surface area (Å²) in [6.07, 6.45) is 0. The average molecular weight is 331 g/mol. The second-order valence-corrected chi connectivity index (χ2v) is 6.66. The van der Waals surface area contributed by atoms with Crippen molar-refractivity contribution in [2.75, 3.05) is 7.11 Å². The summed E-state index contributed by atoms with van der Waals surface area (Å²) in [4.78, 5) is 0.733. The van der Waals surface area contributed by atoms with Gasteiger partial charge in [-0.25, -0.2) is 8.78 Å². The number of benzene rings is 1. The number of alkyl halides is 1. The highest BCUT2D eigenvalue weighted by atomic mass is 35.5. The predicted octanol–water partition coefficient (Wildman–Crippen LogP) is 5.58. The molecule has 0 amide bonds. The molecule has 20 heavy (non-hydrogen) atoms. The number of hydrogen-bond donors (Lipinski definition) is 0. The monoisotopic (exact) mass is 330 g/mol. The molecule has 2 aromatic heterocycles. The van der Waals surface area contributed by atoms with E-state index in [4.69, 9.17) is 16.3 Å². The van der Waals surface area contributed by atoms with Gasteiger partial charge in [-0.05, 0) is 17.5 Å². The van der Waals surface area contributed by atoms with E-state index in [1.54, 1.807) is 11.3 Å². The molecule has 0 saturated carbocycles. The average Bonchev–Trinajstić information content (AvgIpc) is 2.98. The van der Waals surface area contributed by atoms with E-state index in [-0.39, 0.29) is 11.3 Å². The first-order valence-electron chi connectivity index (χ1n) is 5.74. The first-order chi connectivity index (χ1) is 9.60. The van der Waals surface area contributed by atoms with E-state index in [2.05, 4.69) is 0 Å². The summed E-state index contributed by atoms with van der Waals surface area (Å²) in [5.74, 6) is -1.25. The summed E-state index contributed by atoms with van der Waals surface area (Å²) in [7, 11) is 1.36. The van der Waals surface area contributed by atoms with Crippen molar-refractivity contribution in [1.29, 1.82) is 0 Å². The summed E-state index contributed by atoms with van der Waals surface area (Å²) in [5.41, 5.74) is -0.138. The number of fused-ring (bicyclic) bond motifs is 1. The van der Waals surface area contributed by atoms with Gasteiger partial charge in [-0.15, -0.1) is 34.3 Å². The molecule has 0 spiro atoms. The fourth-order valence-corrected chi connectivity index (χ4v) is 4.49. The molecule has 0 aliphatic carbocycles. The number of halogens is 3. The quantitative estimate of drug-likeness (QED) is 0.570. The van der Waals surface area contributed by atoms with Crippen LogP contribution in [-0.2, 0) is 0 Å². The van der Waals surface area contributed by atoms with Gasteiger partial charge in [0.15, 0.2) is 0 Å². The van der Waals surface area contributed by atoms with Crippen molar-refractivity contribution in [3.05, 3.63) is 51.7 Å². The van der Waals surface area contributed by atoms with Gasteiger partial charge in [0.25, 0.3) is 0 Å². The van der Waals surface area contributed by atoms with Gasteiger partial charge in [0, 0.05) is 32.0 Å². The molecule has 0 radical (unpaired) electrons. The molecule has 0 fully saturated rings. The minimum atomic E-state index is -0.842. The summed E-state index contributed by atoms with van der Waals surface area (Å²) < 4.78 is 35.0. The number of ether oxygens (including phenoxy) is 1. The van der Waals surface area contributed by atoms with Crippen molar-refractivity contribution in [2.24, 2.45) is 0 Å². The van der Waals surface area contributed by atoms with E-state index in [1.807, 2.05) is 17.5 Å². The van der Waals surface area contributed by atoms with Crippen molar-refractivity contribution in [2.45, 2.75) is 5.38 Å². The van der Waals surface area contributed by atoms with Gasteiger partial charge in [-0.2, -0.15) is 0 Å². The SMILES string of the molecule is COc1cc(F)c(C(Cl)c2cc3sccc3s2)c(F)c1. The molecule has 0 bridgehead atoms. The number of rotatable bonds is 3. The molecule has 2 heterocycles. The van der Waals surface area contributed by atoms with Crippen LogP contribution in [0.4, 0.5) is 8.78 Å². The van der Waals surface area contributed by atoms with Crippen LogP contribution in [0.1, 0.15) is 15.8 Å². The smallest absolute Gasteiger partial charge is 0.134 e. The zero-order valence-corrected chi connectivity index (χ0v) is 12.7. The summed E-state index contributed by atoms with van der Waals surface area (Å²) in [5, 5.41) is 1.13. The maximum atomic E-state index is 14.0. The fraction of sp³-hybridized carbons (Fsp3) is 0.143. The number of methoxy groups -OCH3 is 1. The fourth-order valence-electron chi connectivity index (χ4n) is 1.97. The number of hydrogen-bond acceptors (Lipinski definition) is 3.